The average molecular weight is 180 g/mol. The normalized spacial score (nSPS) is 40.9. The highest BCUT2D eigenvalue weighted by Crippen LogP contribution is 2.62. The fourth-order valence-electron chi connectivity index (χ4n) is 3.59. The minimum absolute atomic E-state index is 0.589. The summed E-state index contributed by atoms with van der Waals surface area (Å²) in [7, 11) is 0. The van der Waals surface area contributed by atoms with Gasteiger partial charge in [0.25, 0.3) is 0 Å². The summed E-state index contributed by atoms with van der Waals surface area (Å²) in [5.74, 6) is 2.77. The van der Waals surface area contributed by atoms with Crippen LogP contribution in [0, 0.1) is 23.2 Å². The van der Waals surface area contributed by atoms with Crippen molar-refractivity contribution in [1.29, 1.82) is 0 Å². The van der Waals surface area contributed by atoms with Crippen LogP contribution in [-0.4, -0.2) is 6.29 Å². The van der Waals surface area contributed by atoms with Crippen LogP contribution in [0.1, 0.15) is 46.0 Å². The van der Waals surface area contributed by atoms with Gasteiger partial charge in [-0.25, -0.2) is 0 Å². The molecule has 0 spiro atoms. The molecular weight excluding hydrogens is 160 g/mol. The summed E-state index contributed by atoms with van der Waals surface area (Å²) in [6.07, 6.45) is 7.24. The Balaban J connectivity index is 1.95. The highest BCUT2D eigenvalue weighted by molar-refractivity contribution is 5.49. The smallest absolute Gasteiger partial charge is 0.120 e. The second-order valence-corrected chi connectivity index (χ2v) is 5.44. The van der Waals surface area contributed by atoms with E-state index in [1.807, 2.05) is 0 Å². The molecule has 0 heterocycles. The van der Waals surface area contributed by atoms with Crippen molar-refractivity contribution < 1.29 is 4.79 Å². The van der Waals surface area contributed by atoms with E-state index in [0.717, 1.165) is 36.9 Å². The molecule has 3 fully saturated rings. The van der Waals surface area contributed by atoms with Crippen LogP contribution in [0.4, 0.5) is 0 Å². The van der Waals surface area contributed by atoms with Crippen molar-refractivity contribution in [2.45, 2.75) is 46.0 Å². The number of carbonyl (C=O) groups excluding carboxylic acids is 1. The Morgan fingerprint density at radius 3 is 2.69 bits per heavy atom. The zero-order valence-electron chi connectivity index (χ0n) is 8.75. The van der Waals surface area contributed by atoms with Crippen LogP contribution in [0.2, 0.25) is 0 Å². The zero-order valence-corrected chi connectivity index (χ0v) is 8.75. The Bertz CT molecular complexity index is 205. The topological polar surface area (TPSA) is 17.1 Å². The van der Waals surface area contributed by atoms with Gasteiger partial charge in [0.15, 0.2) is 0 Å². The fourth-order valence-corrected chi connectivity index (χ4v) is 3.59. The van der Waals surface area contributed by atoms with Crippen molar-refractivity contribution in [3.8, 4) is 0 Å². The molecule has 13 heavy (non-hydrogen) atoms. The molecule has 0 radical (unpaired) electrons. The average Bonchev–Trinajstić information content (AvgIpc) is 2.14. The molecule has 1 heteroatoms. The molecule has 3 unspecified atom stereocenters. The van der Waals surface area contributed by atoms with E-state index in [1.54, 1.807) is 0 Å². The van der Waals surface area contributed by atoms with E-state index in [9.17, 15) is 4.79 Å². The maximum absolute atomic E-state index is 10.3. The third-order valence-electron chi connectivity index (χ3n) is 4.66. The molecule has 3 rings (SSSR count). The number of carbonyl (C=O) groups is 1. The van der Waals surface area contributed by atoms with E-state index in [4.69, 9.17) is 0 Å². The van der Waals surface area contributed by atoms with Gasteiger partial charge < -0.3 is 4.79 Å². The molecule has 0 amide bonds. The Morgan fingerprint density at radius 1 is 1.38 bits per heavy atom. The molecule has 74 valence electrons. The van der Waals surface area contributed by atoms with Crippen molar-refractivity contribution in [2.24, 2.45) is 23.2 Å². The predicted molar refractivity (Wildman–Crippen MR) is 53.4 cm³/mol. The van der Waals surface area contributed by atoms with Crippen LogP contribution in [-0.2, 0) is 4.79 Å². The van der Waals surface area contributed by atoms with E-state index in [2.05, 4.69) is 13.8 Å². The molecule has 3 saturated carbocycles. The van der Waals surface area contributed by atoms with Gasteiger partial charge in [0.05, 0.1) is 0 Å². The van der Waals surface area contributed by atoms with Crippen LogP contribution in [0.25, 0.3) is 0 Å². The van der Waals surface area contributed by atoms with Gasteiger partial charge in [0, 0.05) is 6.42 Å². The van der Waals surface area contributed by atoms with Gasteiger partial charge in [0.1, 0.15) is 6.29 Å². The number of fused-ring (bicyclic) bond motifs is 2. The molecule has 0 aliphatic heterocycles. The van der Waals surface area contributed by atoms with Crippen LogP contribution in [0.5, 0.6) is 0 Å². The third-order valence-corrected chi connectivity index (χ3v) is 4.66. The highest BCUT2D eigenvalue weighted by atomic mass is 16.1. The fraction of sp³-hybridized carbons (Fsp3) is 0.917. The minimum Gasteiger partial charge on any atom is -0.303 e. The Labute approximate surface area is 80.9 Å². The number of hydrogen-bond acceptors (Lipinski definition) is 1. The molecule has 0 aromatic rings. The summed E-state index contributed by atoms with van der Waals surface area (Å²) < 4.78 is 0. The molecule has 3 aliphatic carbocycles. The monoisotopic (exact) mass is 180 g/mol. The van der Waals surface area contributed by atoms with Crippen LogP contribution in [0.3, 0.4) is 0 Å². The molecule has 3 atom stereocenters. The first-order valence-corrected chi connectivity index (χ1v) is 5.60. The lowest BCUT2D eigenvalue weighted by Crippen LogP contribution is -2.52. The number of rotatable bonds is 3. The quantitative estimate of drug-likeness (QED) is 0.610. The maximum atomic E-state index is 10.3. The zero-order chi connectivity index (χ0) is 9.47. The molecule has 2 bridgehead atoms. The Kier molecular flexibility index (Phi) is 2.21. The first-order valence-electron chi connectivity index (χ1n) is 5.60. The molecule has 0 N–H and O–H groups in total. The van der Waals surface area contributed by atoms with Crippen LogP contribution < -0.4 is 0 Å². The summed E-state index contributed by atoms with van der Waals surface area (Å²) in [5.41, 5.74) is 0.589. The van der Waals surface area contributed by atoms with Gasteiger partial charge >= 0.3 is 0 Å². The summed E-state index contributed by atoms with van der Waals surface area (Å²) in [4.78, 5) is 10.3. The Hall–Kier alpha value is -0.330. The highest BCUT2D eigenvalue weighted by Gasteiger charge is 2.53. The Morgan fingerprint density at radius 2 is 2.15 bits per heavy atom. The summed E-state index contributed by atoms with van der Waals surface area (Å²) in [5, 5.41) is 0. The summed E-state index contributed by atoms with van der Waals surface area (Å²) >= 11 is 0. The first-order chi connectivity index (χ1) is 6.16. The molecule has 3 aliphatic rings. The van der Waals surface area contributed by atoms with Gasteiger partial charge in [-0.3, -0.25) is 0 Å². The first kappa shape index (κ1) is 9.23. The summed E-state index contributed by atoms with van der Waals surface area (Å²) in [6, 6.07) is 0. The largest absolute Gasteiger partial charge is 0.303 e. The molecule has 0 saturated heterocycles. The van der Waals surface area contributed by atoms with E-state index in [0.29, 0.717) is 5.41 Å². The summed E-state index contributed by atoms with van der Waals surface area (Å²) in [6.45, 7) is 4.83. The third kappa shape index (κ3) is 1.33. The van der Waals surface area contributed by atoms with Gasteiger partial charge in [-0.15, -0.1) is 0 Å². The van der Waals surface area contributed by atoms with Gasteiger partial charge in [-0.1, -0.05) is 13.8 Å². The van der Waals surface area contributed by atoms with Crippen molar-refractivity contribution in [2.75, 3.05) is 0 Å². The van der Waals surface area contributed by atoms with Crippen molar-refractivity contribution in [3.05, 3.63) is 0 Å². The second kappa shape index (κ2) is 3.11. The van der Waals surface area contributed by atoms with Gasteiger partial charge in [-0.2, -0.15) is 0 Å². The SMILES string of the molecule is CC1(C)C2CCC(CCC=O)C1C2. The predicted octanol–water partition coefficient (Wildman–Crippen LogP) is 3.04. The lowest BCUT2D eigenvalue weighted by molar-refractivity contribution is -0.115. The van der Waals surface area contributed by atoms with Crippen LogP contribution in [0.15, 0.2) is 0 Å². The van der Waals surface area contributed by atoms with E-state index in [1.165, 1.54) is 19.3 Å². The standard InChI is InChI=1S/C12H20O/c1-12(2)10-6-5-9(4-3-7-13)11(12)8-10/h7,9-11H,3-6,8H2,1-2H3. The lowest BCUT2D eigenvalue weighted by Gasteiger charge is -2.60. The molecular formula is C12H20O. The molecule has 0 aromatic heterocycles. The van der Waals surface area contributed by atoms with Crippen molar-refractivity contribution in [1.82, 2.24) is 0 Å². The van der Waals surface area contributed by atoms with E-state index < -0.39 is 0 Å². The molecule has 1 nitrogen and oxygen atoms in total. The number of hydrogen-bond donors (Lipinski definition) is 0. The van der Waals surface area contributed by atoms with Gasteiger partial charge in [0.2, 0.25) is 0 Å². The maximum Gasteiger partial charge on any atom is 0.120 e. The molecule has 0 aromatic carbocycles. The van der Waals surface area contributed by atoms with Crippen molar-refractivity contribution >= 4 is 6.29 Å². The van der Waals surface area contributed by atoms with E-state index in [-0.39, 0.29) is 0 Å². The van der Waals surface area contributed by atoms with Gasteiger partial charge in [-0.05, 0) is 48.9 Å². The second-order valence-electron chi connectivity index (χ2n) is 5.44. The lowest BCUT2D eigenvalue weighted by atomic mass is 9.45. The van der Waals surface area contributed by atoms with Crippen molar-refractivity contribution in [3.63, 3.8) is 0 Å². The van der Waals surface area contributed by atoms with Crippen LogP contribution >= 0.6 is 0 Å². The minimum atomic E-state index is 0.589. The van der Waals surface area contributed by atoms with E-state index >= 15 is 0 Å². The number of aldehydes is 1.